The predicted octanol–water partition coefficient (Wildman–Crippen LogP) is 1.19. The van der Waals surface area contributed by atoms with Crippen molar-refractivity contribution < 1.29 is 4.79 Å². The van der Waals surface area contributed by atoms with E-state index in [0.717, 1.165) is 21.5 Å². The van der Waals surface area contributed by atoms with Crippen LogP contribution in [0.4, 0.5) is 0 Å². The molecule has 10 nitrogen and oxygen atoms in total. The Hall–Kier alpha value is -4.34. The molecule has 1 unspecified atom stereocenters. The van der Waals surface area contributed by atoms with Crippen molar-refractivity contribution in [1.29, 1.82) is 0 Å². The quantitative estimate of drug-likeness (QED) is 0.517. The minimum absolute atomic E-state index is 0.0557. The molecule has 4 aromatic rings. The number of carbonyl (C=O) groups excluding carboxylic acids is 1. The Labute approximate surface area is 174 Å². The average molecular weight is 415 g/mol. The third kappa shape index (κ3) is 3.33. The van der Waals surface area contributed by atoms with Crippen LogP contribution in [0.3, 0.4) is 0 Å². The van der Waals surface area contributed by atoms with Crippen molar-refractivity contribution >= 4 is 22.7 Å². The summed E-state index contributed by atoms with van der Waals surface area (Å²) in [5, 5.41) is 18.0. The first-order valence-corrected chi connectivity index (χ1v) is 9.66. The number of nitrogens with one attached hydrogen (secondary N) is 2. The van der Waals surface area contributed by atoms with Crippen molar-refractivity contribution in [1.82, 2.24) is 30.2 Å². The van der Waals surface area contributed by atoms with Gasteiger partial charge in [-0.1, -0.05) is 65.9 Å². The highest BCUT2D eigenvalue weighted by Gasteiger charge is 2.33. The van der Waals surface area contributed by atoms with Gasteiger partial charge < -0.3 is 0 Å². The zero-order valence-corrected chi connectivity index (χ0v) is 16.2. The fraction of sp³-hybridized carbons (Fsp3) is 0.143. The van der Waals surface area contributed by atoms with Gasteiger partial charge >= 0.3 is 0 Å². The maximum atomic E-state index is 13.2. The SMILES string of the molecule is O=C(Cn1nnc2c(=O)[nH][nH]c(=O)c21)N1N=C(c2ccccc2)CC1c1ccccc1. The summed E-state index contributed by atoms with van der Waals surface area (Å²) < 4.78 is 1.13. The number of hydrogen-bond donors (Lipinski definition) is 2. The highest BCUT2D eigenvalue weighted by molar-refractivity contribution is 6.03. The number of H-pyrrole nitrogens is 2. The van der Waals surface area contributed by atoms with E-state index in [1.54, 1.807) is 0 Å². The molecule has 3 heterocycles. The molecule has 1 aliphatic heterocycles. The van der Waals surface area contributed by atoms with E-state index in [1.807, 2.05) is 60.7 Å². The van der Waals surface area contributed by atoms with Gasteiger partial charge in [0.15, 0.2) is 11.0 Å². The van der Waals surface area contributed by atoms with Gasteiger partial charge in [0.25, 0.3) is 17.0 Å². The van der Waals surface area contributed by atoms with Gasteiger partial charge in [-0.05, 0) is 11.1 Å². The number of hydrazone groups is 1. The molecule has 31 heavy (non-hydrogen) atoms. The second-order valence-corrected chi connectivity index (χ2v) is 7.13. The van der Waals surface area contributed by atoms with Gasteiger partial charge in [0.05, 0.1) is 11.8 Å². The number of rotatable bonds is 4. The van der Waals surface area contributed by atoms with Gasteiger partial charge in [-0.15, -0.1) is 5.10 Å². The summed E-state index contributed by atoms with van der Waals surface area (Å²) in [6, 6.07) is 19.0. The lowest BCUT2D eigenvalue weighted by atomic mass is 9.98. The van der Waals surface area contributed by atoms with Crippen molar-refractivity contribution in [2.75, 3.05) is 0 Å². The lowest BCUT2D eigenvalue weighted by Crippen LogP contribution is -2.31. The molecule has 10 heteroatoms. The second kappa shape index (κ2) is 7.48. The molecule has 0 aliphatic carbocycles. The molecular formula is C21H17N7O3. The molecule has 154 valence electrons. The number of benzene rings is 2. The van der Waals surface area contributed by atoms with E-state index in [1.165, 1.54) is 5.01 Å². The molecule has 2 aromatic carbocycles. The molecule has 1 atom stereocenters. The normalized spacial score (nSPS) is 15.9. The molecule has 1 amide bonds. The molecule has 0 radical (unpaired) electrons. The minimum Gasteiger partial charge on any atom is -0.271 e. The molecule has 0 bridgehead atoms. The number of amides is 1. The van der Waals surface area contributed by atoms with Crippen molar-refractivity contribution in [3.05, 3.63) is 92.5 Å². The van der Waals surface area contributed by atoms with Gasteiger partial charge in [-0.2, -0.15) is 5.10 Å². The molecule has 2 aromatic heterocycles. The standard InChI is InChI=1S/C21H17N7O3/c29-17(12-27-19-18(22-26-27)20(30)23-24-21(19)31)28-16(14-9-5-2-6-10-14)11-15(25-28)13-7-3-1-4-8-13/h1-10,16H,11-12H2,(H,23,30)(H,24,31). The zero-order valence-electron chi connectivity index (χ0n) is 16.2. The molecule has 0 saturated heterocycles. The predicted molar refractivity (Wildman–Crippen MR) is 112 cm³/mol. The van der Waals surface area contributed by atoms with Crippen LogP contribution in [0.1, 0.15) is 23.6 Å². The summed E-state index contributed by atoms with van der Waals surface area (Å²) >= 11 is 0. The number of nitrogens with zero attached hydrogens (tertiary/aromatic N) is 5. The number of fused-ring (bicyclic) bond motifs is 1. The summed E-state index contributed by atoms with van der Waals surface area (Å²) in [6.45, 7) is -0.280. The number of aromatic amines is 2. The lowest BCUT2D eigenvalue weighted by Gasteiger charge is -2.22. The third-order valence-electron chi connectivity index (χ3n) is 5.20. The van der Waals surface area contributed by atoms with Crippen molar-refractivity contribution in [2.24, 2.45) is 5.10 Å². The van der Waals surface area contributed by atoms with Crippen LogP contribution in [0.5, 0.6) is 0 Å². The molecule has 0 spiro atoms. The maximum absolute atomic E-state index is 13.2. The van der Waals surface area contributed by atoms with Gasteiger partial charge in [-0.3, -0.25) is 24.6 Å². The number of aromatic nitrogens is 5. The zero-order chi connectivity index (χ0) is 21.4. The monoisotopic (exact) mass is 415 g/mol. The van der Waals surface area contributed by atoms with Crippen molar-refractivity contribution in [2.45, 2.75) is 19.0 Å². The first-order valence-electron chi connectivity index (χ1n) is 9.66. The summed E-state index contributed by atoms with van der Waals surface area (Å²) in [7, 11) is 0. The number of carbonyl (C=O) groups is 1. The van der Waals surface area contributed by atoms with Gasteiger partial charge in [-0.25, -0.2) is 9.69 Å². The first kappa shape index (κ1) is 18.7. The largest absolute Gasteiger partial charge is 0.292 e. The van der Waals surface area contributed by atoms with E-state index in [-0.39, 0.29) is 29.5 Å². The van der Waals surface area contributed by atoms with E-state index < -0.39 is 11.1 Å². The van der Waals surface area contributed by atoms with Crippen LogP contribution in [0.2, 0.25) is 0 Å². The van der Waals surface area contributed by atoms with Gasteiger partial charge in [0.2, 0.25) is 0 Å². The molecule has 1 aliphatic rings. The van der Waals surface area contributed by atoms with Gasteiger partial charge in [0.1, 0.15) is 6.54 Å². The summed E-state index contributed by atoms with van der Waals surface area (Å²) in [5.41, 5.74) is 1.34. The summed E-state index contributed by atoms with van der Waals surface area (Å²) in [4.78, 5) is 37.3. The van der Waals surface area contributed by atoms with Crippen LogP contribution in [0.15, 0.2) is 75.4 Å². The topological polar surface area (TPSA) is 129 Å². The Kier molecular flexibility index (Phi) is 4.51. The smallest absolute Gasteiger partial charge is 0.271 e. The molecule has 2 N–H and O–H groups in total. The van der Waals surface area contributed by atoms with Crippen LogP contribution in [-0.2, 0) is 11.3 Å². The highest BCUT2D eigenvalue weighted by atomic mass is 16.2. The van der Waals surface area contributed by atoms with Gasteiger partial charge in [0, 0.05) is 6.42 Å². The minimum atomic E-state index is -0.582. The Balaban J connectivity index is 1.52. The molecule has 5 rings (SSSR count). The molecular weight excluding hydrogens is 398 g/mol. The van der Waals surface area contributed by atoms with Crippen molar-refractivity contribution in [3.8, 4) is 0 Å². The Morgan fingerprint density at radius 3 is 2.39 bits per heavy atom. The fourth-order valence-electron chi connectivity index (χ4n) is 3.71. The lowest BCUT2D eigenvalue weighted by molar-refractivity contribution is -0.133. The van der Waals surface area contributed by atoms with Crippen LogP contribution >= 0.6 is 0 Å². The highest BCUT2D eigenvalue weighted by Crippen LogP contribution is 2.32. The van der Waals surface area contributed by atoms with Crippen LogP contribution in [0.25, 0.3) is 11.0 Å². The van der Waals surface area contributed by atoms with E-state index >= 15 is 0 Å². The Bertz CT molecular complexity index is 1400. The molecule has 0 saturated carbocycles. The Morgan fingerprint density at radius 1 is 0.968 bits per heavy atom. The maximum Gasteiger partial charge on any atom is 0.292 e. The second-order valence-electron chi connectivity index (χ2n) is 7.13. The molecule has 0 fully saturated rings. The summed E-state index contributed by atoms with van der Waals surface area (Å²) in [5.74, 6) is -0.369. The van der Waals surface area contributed by atoms with E-state index in [9.17, 15) is 14.4 Å². The average Bonchev–Trinajstić information content (AvgIpc) is 3.43. The number of hydrogen-bond acceptors (Lipinski definition) is 6. The third-order valence-corrected chi connectivity index (χ3v) is 5.20. The van der Waals surface area contributed by atoms with Crippen LogP contribution in [0, 0.1) is 0 Å². The van der Waals surface area contributed by atoms with Crippen molar-refractivity contribution in [3.63, 3.8) is 0 Å². The summed E-state index contributed by atoms with van der Waals surface area (Å²) in [6.07, 6.45) is 0.554. The van der Waals surface area contributed by atoms with Crippen LogP contribution < -0.4 is 11.1 Å². The Morgan fingerprint density at radius 2 is 1.65 bits per heavy atom. The first-order chi connectivity index (χ1) is 15.1. The van der Waals surface area contributed by atoms with E-state index in [4.69, 9.17) is 0 Å². The van der Waals surface area contributed by atoms with E-state index in [2.05, 4.69) is 25.6 Å². The fourth-order valence-corrected chi connectivity index (χ4v) is 3.71. The van der Waals surface area contributed by atoms with Crippen LogP contribution in [-0.4, -0.2) is 41.8 Å². The van der Waals surface area contributed by atoms with E-state index in [0.29, 0.717) is 6.42 Å².